The van der Waals surface area contributed by atoms with Crippen LogP contribution in [0.25, 0.3) is 0 Å². The highest BCUT2D eigenvalue weighted by Crippen LogP contribution is 2.34. The molecule has 0 amide bonds. The van der Waals surface area contributed by atoms with Crippen LogP contribution in [0.2, 0.25) is 0 Å². The van der Waals surface area contributed by atoms with Crippen molar-refractivity contribution in [3.63, 3.8) is 0 Å². The molecule has 0 spiro atoms. The number of nitro benzene ring substituents is 1. The van der Waals surface area contributed by atoms with Crippen molar-refractivity contribution in [1.29, 1.82) is 0 Å². The van der Waals surface area contributed by atoms with Crippen molar-refractivity contribution in [1.82, 2.24) is 0 Å². The molecule has 6 heteroatoms. The van der Waals surface area contributed by atoms with Crippen LogP contribution in [-0.2, 0) is 0 Å². The Morgan fingerprint density at radius 3 is 2.69 bits per heavy atom. The highest BCUT2D eigenvalue weighted by atomic mass is 79.9. The first-order chi connectivity index (χ1) is 5.95. The zero-order valence-corrected chi connectivity index (χ0v) is 8.26. The molecule has 2 N–H and O–H groups in total. The van der Waals surface area contributed by atoms with E-state index in [-0.39, 0.29) is 21.4 Å². The van der Waals surface area contributed by atoms with Gasteiger partial charge in [-0.1, -0.05) is 0 Å². The number of nitro groups is 1. The summed E-state index contributed by atoms with van der Waals surface area (Å²) in [5.74, 6) is -0.646. The Hall–Kier alpha value is -1.17. The van der Waals surface area contributed by atoms with Gasteiger partial charge in [-0.15, -0.1) is 0 Å². The number of halogens is 2. The van der Waals surface area contributed by atoms with Crippen molar-refractivity contribution in [3.05, 3.63) is 32.0 Å². The molecule has 0 heterocycles. The molecule has 4 nitrogen and oxygen atoms in total. The normalized spacial score (nSPS) is 10.1. The molecule has 0 unspecified atom stereocenters. The van der Waals surface area contributed by atoms with Crippen molar-refractivity contribution >= 4 is 27.3 Å². The summed E-state index contributed by atoms with van der Waals surface area (Å²) in [6, 6.07) is 1.11. The molecule has 70 valence electrons. The Morgan fingerprint density at radius 1 is 1.69 bits per heavy atom. The fourth-order valence-electron chi connectivity index (χ4n) is 0.961. The number of anilines is 1. The largest absolute Gasteiger partial charge is 0.392 e. The van der Waals surface area contributed by atoms with Crippen molar-refractivity contribution in [3.8, 4) is 0 Å². The van der Waals surface area contributed by atoms with E-state index < -0.39 is 10.7 Å². The Balaban J connectivity index is 3.56. The van der Waals surface area contributed by atoms with Gasteiger partial charge in [0.25, 0.3) is 5.69 Å². The van der Waals surface area contributed by atoms with E-state index in [1.807, 2.05) is 0 Å². The summed E-state index contributed by atoms with van der Waals surface area (Å²) in [5.41, 5.74) is 4.91. The zero-order valence-electron chi connectivity index (χ0n) is 6.67. The van der Waals surface area contributed by atoms with Crippen LogP contribution in [0.15, 0.2) is 10.5 Å². The van der Waals surface area contributed by atoms with E-state index in [1.165, 1.54) is 6.92 Å². The Labute approximate surface area is 81.8 Å². The van der Waals surface area contributed by atoms with Gasteiger partial charge >= 0.3 is 0 Å². The quantitative estimate of drug-likeness (QED) is 0.472. The SMILES string of the molecule is Cc1c(F)cc(Br)c(N)c1[N+](=O)[O-]. The van der Waals surface area contributed by atoms with E-state index in [0.29, 0.717) is 0 Å². The second-order valence-corrected chi connectivity index (χ2v) is 3.34. The first-order valence-corrected chi connectivity index (χ1v) is 4.13. The average Bonchev–Trinajstić information content (AvgIpc) is 2.01. The van der Waals surface area contributed by atoms with Gasteiger partial charge in [-0.05, 0) is 28.9 Å². The third-order valence-corrected chi connectivity index (χ3v) is 2.32. The van der Waals surface area contributed by atoms with Crippen LogP contribution >= 0.6 is 15.9 Å². The molecule has 0 aliphatic carbocycles. The molecule has 0 fully saturated rings. The maximum atomic E-state index is 13.0. The highest BCUT2D eigenvalue weighted by Gasteiger charge is 2.21. The minimum Gasteiger partial charge on any atom is -0.392 e. The standard InChI is InChI=1S/C7H6BrFN2O2/c1-3-5(9)2-4(8)6(10)7(3)11(12)13/h2H,10H2,1H3. The van der Waals surface area contributed by atoms with Crippen molar-refractivity contribution in [2.24, 2.45) is 0 Å². The molecule has 0 atom stereocenters. The van der Waals surface area contributed by atoms with E-state index >= 15 is 0 Å². The number of rotatable bonds is 1. The molecular weight excluding hydrogens is 243 g/mol. The molecule has 0 aliphatic heterocycles. The number of nitrogens with two attached hydrogens (primary N) is 1. The minimum absolute atomic E-state index is 0.0503. The van der Waals surface area contributed by atoms with Gasteiger partial charge < -0.3 is 5.73 Å². The van der Waals surface area contributed by atoms with E-state index in [2.05, 4.69) is 15.9 Å². The summed E-state index contributed by atoms with van der Waals surface area (Å²) >= 11 is 2.93. The fraction of sp³-hybridized carbons (Fsp3) is 0.143. The lowest BCUT2D eigenvalue weighted by Crippen LogP contribution is -2.01. The molecule has 0 bridgehead atoms. The Morgan fingerprint density at radius 2 is 2.23 bits per heavy atom. The molecule has 0 saturated carbocycles. The topological polar surface area (TPSA) is 69.2 Å². The van der Waals surface area contributed by atoms with E-state index in [1.54, 1.807) is 0 Å². The Kier molecular flexibility index (Phi) is 2.51. The van der Waals surface area contributed by atoms with Crippen LogP contribution in [0, 0.1) is 22.9 Å². The molecule has 13 heavy (non-hydrogen) atoms. The maximum Gasteiger partial charge on any atom is 0.299 e. The summed E-state index contributed by atoms with van der Waals surface area (Å²) in [6.07, 6.45) is 0. The summed E-state index contributed by atoms with van der Waals surface area (Å²) in [7, 11) is 0. The highest BCUT2D eigenvalue weighted by molar-refractivity contribution is 9.10. The van der Waals surface area contributed by atoms with Crippen molar-refractivity contribution < 1.29 is 9.31 Å². The maximum absolute atomic E-state index is 13.0. The predicted octanol–water partition coefficient (Wildman–Crippen LogP) is 2.39. The van der Waals surface area contributed by atoms with Gasteiger partial charge in [0, 0.05) is 0 Å². The first-order valence-electron chi connectivity index (χ1n) is 3.33. The summed E-state index contributed by atoms with van der Waals surface area (Å²) in [4.78, 5) is 9.79. The van der Waals surface area contributed by atoms with Crippen LogP contribution in [-0.4, -0.2) is 4.92 Å². The number of hydrogen-bond donors (Lipinski definition) is 1. The predicted molar refractivity (Wildman–Crippen MR) is 49.9 cm³/mol. The van der Waals surface area contributed by atoms with Crippen molar-refractivity contribution in [2.45, 2.75) is 6.92 Å². The smallest absolute Gasteiger partial charge is 0.299 e. The summed E-state index contributed by atoms with van der Waals surface area (Å²) in [5, 5.41) is 10.5. The van der Waals surface area contributed by atoms with Crippen LogP contribution in [0.1, 0.15) is 5.56 Å². The summed E-state index contributed by atoms with van der Waals surface area (Å²) in [6.45, 7) is 1.32. The number of benzene rings is 1. The van der Waals surface area contributed by atoms with Crippen LogP contribution in [0.3, 0.4) is 0 Å². The van der Waals surface area contributed by atoms with Crippen LogP contribution < -0.4 is 5.73 Å². The summed E-state index contributed by atoms with van der Waals surface area (Å²) < 4.78 is 13.2. The van der Waals surface area contributed by atoms with Gasteiger partial charge in [0.2, 0.25) is 0 Å². The second kappa shape index (κ2) is 3.29. The third kappa shape index (κ3) is 1.62. The number of nitrogen functional groups attached to an aromatic ring is 1. The van der Waals surface area contributed by atoms with E-state index in [9.17, 15) is 14.5 Å². The fourth-order valence-corrected chi connectivity index (χ4v) is 1.35. The molecule has 1 aromatic rings. The van der Waals surface area contributed by atoms with Gasteiger partial charge in [0.05, 0.1) is 15.0 Å². The lowest BCUT2D eigenvalue weighted by atomic mass is 10.1. The average molecular weight is 249 g/mol. The van der Waals surface area contributed by atoms with Crippen LogP contribution in [0.4, 0.5) is 15.8 Å². The molecule has 0 radical (unpaired) electrons. The second-order valence-electron chi connectivity index (χ2n) is 2.48. The van der Waals surface area contributed by atoms with Gasteiger partial charge in [-0.25, -0.2) is 4.39 Å². The number of hydrogen-bond acceptors (Lipinski definition) is 3. The van der Waals surface area contributed by atoms with Gasteiger partial charge in [-0.3, -0.25) is 10.1 Å². The monoisotopic (exact) mass is 248 g/mol. The molecule has 1 aromatic carbocycles. The zero-order chi connectivity index (χ0) is 10.2. The third-order valence-electron chi connectivity index (χ3n) is 1.66. The van der Waals surface area contributed by atoms with Gasteiger partial charge in [0.15, 0.2) is 0 Å². The number of nitrogens with zero attached hydrogens (tertiary/aromatic N) is 1. The molecule has 0 aromatic heterocycles. The van der Waals surface area contributed by atoms with E-state index in [4.69, 9.17) is 5.73 Å². The molecular formula is C7H6BrFN2O2. The Bertz CT molecular complexity index is 355. The first kappa shape index (κ1) is 9.91. The van der Waals surface area contributed by atoms with Gasteiger partial charge in [-0.2, -0.15) is 0 Å². The molecule has 1 rings (SSSR count). The van der Waals surface area contributed by atoms with E-state index in [0.717, 1.165) is 6.07 Å². The minimum atomic E-state index is -0.696. The molecule has 0 saturated heterocycles. The lowest BCUT2D eigenvalue weighted by Gasteiger charge is -2.03. The van der Waals surface area contributed by atoms with Crippen LogP contribution in [0.5, 0.6) is 0 Å². The lowest BCUT2D eigenvalue weighted by molar-refractivity contribution is -0.384. The van der Waals surface area contributed by atoms with Crippen molar-refractivity contribution in [2.75, 3.05) is 5.73 Å². The van der Waals surface area contributed by atoms with Gasteiger partial charge in [0.1, 0.15) is 11.5 Å². The molecule has 0 aliphatic rings.